The van der Waals surface area contributed by atoms with E-state index in [2.05, 4.69) is 47.9 Å². The zero-order valence-electron chi connectivity index (χ0n) is 10.7. The highest BCUT2D eigenvalue weighted by atomic mass is 32.1. The van der Waals surface area contributed by atoms with Crippen molar-refractivity contribution in [3.8, 4) is 0 Å². The van der Waals surface area contributed by atoms with E-state index in [0.717, 1.165) is 13.1 Å². The average Bonchev–Trinajstić information content (AvgIpc) is 2.69. The third-order valence-electron chi connectivity index (χ3n) is 2.55. The summed E-state index contributed by atoms with van der Waals surface area (Å²) in [4.78, 5) is 2.40. The summed E-state index contributed by atoms with van der Waals surface area (Å²) in [5.74, 6) is 0. The monoisotopic (exact) mass is 240 g/mol. The summed E-state index contributed by atoms with van der Waals surface area (Å²) in [6.45, 7) is 7.81. The summed E-state index contributed by atoms with van der Waals surface area (Å²) < 4.78 is 0. The number of hydrogen-bond acceptors (Lipinski definition) is 3. The number of unbranched alkanes of at least 4 members (excludes halogenated alkanes) is 1. The Morgan fingerprint density at radius 3 is 2.81 bits per heavy atom. The molecule has 2 nitrogen and oxygen atoms in total. The Morgan fingerprint density at radius 2 is 2.19 bits per heavy atom. The molecule has 0 saturated heterocycles. The quantitative estimate of drug-likeness (QED) is 0.703. The van der Waals surface area contributed by atoms with Gasteiger partial charge < -0.3 is 10.2 Å². The fraction of sp³-hybridized carbons (Fsp3) is 0.692. The van der Waals surface area contributed by atoms with Crippen LogP contribution in [0.2, 0.25) is 0 Å². The molecule has 0 unspecified atom stereocenters. The van der Waals surface area contributed by atoms with Gasteiger partial charge in [-0.1, -0.05) is 13.8 Å². The molecule has 0 aromatic carbocycles. The zero-order chi connectivity index (χ0) is 11.8. The van der Waals surface area contributed by atoms with Crippen molar-refractivity contribution in [2.75, 3.05) is 20.1 Å². The summed E-state index contributed by atoms with van der Waals surface area (Å²) >= 11 is 1.78. The fourth-order valence-electron chi connectivity index (χ4n) is 1.67. The summed E-state index contributed by atoms with van der Waals surface area (Å²) in [5.41, 5.74) is 1.44. The Hall–Kier alpha value is -0.380. The van der Waals surface area contributed by atoms with Crippen LogP contribution < -0.4 is 5.32 Å². The summed E-state index contributed by atoms with van der Waals surface area (Å²) in [7, 11) is 2.20. The molecule has 0 aliphatic heterocycles. The molecule has 0 bridgehead atoms. The second-order valence-corrected chi connectivity index (χ2v) is 5.47. The van der Waals surface area contributed by atoms with Gasteiger partial charge in [0.1, 0.15) is 0 Å². The average molecular weight is 240 g/mol. The molecule has 0 atom stereocenters. The normalized spacial score (nSPS) is 11.6. The Balaban J connectivity index is 2.00. The van der Waals surface area contributed by atoms with Gasteiger partial charge in [-0.3, -0.25) is 0 Å². The van der Waals surface area contributed by atoms with Gasteiger partial charge in [0.05, 0.1) is 0 Å². The lowest BCUT2D eigenvalue weighted by molar-refractivity contribution is 0.317. The van der Waals surface area contributed by atoms with Crippen molar-refractivity contribution >= 4 is 11.3 Å². The van der Waals surface area contributed by atoms with Crippen LogP contribution in [0.25, 0.3) is 0 Å². The minimum Gasteiger partial charge on any atom is -0.315 e. The third kappa shape index (κ3) is 6.26. The lowest BCUT2D eigenvalue weighted by atomic mass is 10.2. The van der Waals surface area contributed by atoms with E-state index in [4.69, 9.17) is 0 Å². The number of hydrogen-bond donors (Lipinski definition) is 1. The van der Waals surface area contributed by atoms with Gasteiger partial charge in [-0.25, -0.2) is 0 Å². The standard InChI is InChI=1S/C13H24N2S/c1-12(2)14-7-4-5-8-15(3)10-13-6-9-16-11-13/h6,9,11-12,14H,4-5,7-8,10H2,1-3H3. The Labute approximate surface area is 104 Å². The zero-order valence-corrected chi connectivity index (χ0v) is 11.5. The predicted octanol–water partition coefficient (Wildman–Crippen LogP) is 2.96. The molecular weight excluding hydrogens is 216 g/mol. The van der Waals surface area contributed by atoms with Crippen LogP contribution in [0.4, 0.5) is 0 Å². The molecule has 1 heterocycles. The first-order valence-corrected chi connectivity index (χ1v) is 7.06. The van der Waals surface area contributed by atoms with Gasteiger partial charge in [-0.2, -0.15) is 11.3 Å². The maximum Gasteiger partial charge on any atom is 0.0238 e. The minimum absolute atomic E-state index is 0.614. The topological polar surface area (TPSA) is 15.3 Å². The molecule has 3 heteroatoms. The molecule has 0 fully saturated rings. The van der Waals surface area contributed by atoms with Crippen LogP contribution in [0.15, 0.2) is 16.8 Å². The van der Waals surface area contributed by atoms with E-state index in [1.807, 2.05) is 0 Å². The van der Waals surface area contributed by atoms with Crippen molar-refractivity contribution in [3.05, 3.63) is 22.4 Å². The van der Waals surface area contributed by atoms with Gasteiger partial charge in [0.25, 0.3) is 0 Å². The minimum atomic E-state index is 0.614. The Bertz CT molecular complexity index is 257. The van der Waals surface area contributed by atoms with Crippen molar-refractivity contribution < 1.29 is 0 Å². The highest BCUT2D eigenvalue weighted by Gasteiger charge is 2.00. The fourth-order valence-corrected chi connectivity index (χ4v) is 2.33. The van der Waals surface area contributed by atoms with Crippen LogP contribution >= 0.6 is 11.3 Å². The molecule has 92 valence electrons. The SMILES string of the molecule is CC(C)NCCCCN(C)Cc1ccsc1. The molecule has 0 aliphatic rings. The largest absolute Gasteiger partial charge is 0.315 e. The van der Waals surface area contributed by atoms with Crippen LogP contribution in [0.3, 0.4) is 0 Å². The Morgan fingerprint density at radius 1 is 1.38 bits per heavy atom. The maximum absolute atomic E-state index is 3.45. The van der Waals surface area contributed by atoms with E-state index < -0.39 is 0 Å². The molecule has 1 aromatic heterocycles. The number of nitrogens with zero attached hydrogens (tertiary/aromatic N) is 1. The first-order chi connectivity index (χ1) is 7.68. The van der Waals surface area contributed by atoms with Crippen LogP contribution in [0, 0.1) is 0 Å². The molecule has 16 heavy (non-hydrogen) atoms. The number of nitrogens with one attached hydrogen (secondary N) is 1. The van der Waals surface area contributed by atoms with Crippen LogP contribution in [0.1, 0.15) is 32.3 Å². The van der Waals surface area contributed by atoms with Gasteiger partial charge in [0, 0.05) is 12.6 Å². The lowest BCUT2D eigenvalue weighted by Gasteiger charge is -2.16. The first kappa shape index (κ1) is 13.7. The van der Waals surface area contributed by atoms with Crippen molar-refractivity contribution in [1.82, 2.24) is 10.2 Å². The van der Waals surface area contributed by atoms with Crippen molar-refractivity contribution in [2.24, 2.45) is 0 Å². The molecule has 1 N–H and O–H groups in total. The molecule has 0 amide bonds. The van der Waals surface area contributed by atoms with Gasteiger partial charge in [-0.15, -0.1) is 0 Å². The van der Waals surface area contributed by atoms with E-state index in [1.165, 1.54) is 24.9 Å². The van der Waals surface area contributed by atoms with Crippen molar-refractivity contribution in [1.29, 1.82) is 0 Å². The summed E-state index contributed by atoms with van der Waals surface area (Å²) in [6.07, 6.45) is 2.55. The Kier molecular flexibility index (Phi) is 6.69. The summed E-state index contributed by atoms with van der Waals surface area (Å²) in [5, 5.41) is 7.83. The van der Waals surface area contributed by atoms with Gasteiger partial charge in [0.15, 0.2) is 0 Å². The van der Waals surface area contributed by atoms with Gasteiger partial charge in [-0.05, 0) is 55.4 Å². The van der Waals surface area contributed by atoms with Gasteiger partial charge >= 0.3 is 0 Å². The van der Waals surface area contributed by atoms with Crippen molar-refractivity contribution in [3.63, 3.8) is 0 Å². The second-order valence-electron chi connectivity index (χ2n) is 4.69. The van der Waals surface area contributed by atoms with E-state index in [-0.39, 0.29) is 0 Å². The van der Waals surface area contributed by atoms with E-state index in [9.17, 15) is 0 Å². The molecule has 0 spiro atoms. The first-order valence-electron chi connectivity index (χ1n) is 6.11. The molecule has 0 aliphatic carbocycles. The number of thiophene rings is 1. The molecule has 1 rings (SSSR count). The highest BCUT2D eigenvalue weighted by molar-refractivity contribution is 7.07. The van der Waals surface area contributed by atoms with Gasteiger partial charge in [0.2, 0.25) is 0 Å². The smallest absolute Gasteiger partial charge is 0.0238 e. The molecule has 0 radical (unpaired) electrons. The molecule has 1 aromatic rings. The molecule has 0 saturated carbocycles. The van der Waals surface area contributed by atoms with E-state index in [1.54, 1.807) is 11.3 Å². The van der Waals surface area contributed by atoms with Crippen LogP contribution in [0.5, 0.6) is 0 Å². The second kappa shape index (κ2) is 7.82. The predicted molar refractivity (Wildman–Crippen MR) is 73.0 cm³/mol. The van der Waals surface area contributed by atoms with Crippen molar-refractivity contribution in [2.45, 2.75) is 39.3 Å². The highest BCUT2D eigenvalue weighted by Crippen LogP contribution is 2.08. The summed E-state index contributed by atoms with van der Waals surface area (Å²) in [6, 6.07) is 2.82. The third-order valence-corrected chi connectivity index (χ3v) is 3.28. The maximum atomic E-state index is 3.45. The van der Waals surface area contributed by atoms with E-state index >= 15 is 0 Å². The molecular formula is C13H24N2S. The van der Waals surface area contributed by atoms with Crippen LogP contribution in [-0.2, 0) is 6.54 Å². The van der Waals surface area contributed by atoms with E-state index in [0.29, 0.717) is 6.04 Å². The number of rotatable bonds is 8. The van der Waals surface area contributed by atoms with Crippen LogP contribution in [-0.4, -0.2) is 31.1 Å². The lowest BCUT2D eigenvalue weighted by Crippen LogP contribution is -2.25.